The molecule has 1 aromatic heterocycles. The van der Waals surface area contributed by atoms with Gasteiger partial charge < -0.3 is 9.67 Å². The maximum Gasteiger partial charge on any atom is 0.0702 e. The molecule has 0 saturated heterocycles. The van der Waals surface area contributed by atoms with Crippen molar-refractivity contribution in [3.05, 3.63) is 36.0 Å². The molecule has 1 aromatic carbocycles. The highest BCUT2D eigenvalue weighted by molar-refractivity contribution is 5.83. The van der Waals surface area contributed by atoms with Crippen LogP contribution in [0.3, 0.4) is 0 Å². The number of hydrogen-bond donors (Lipinski definition) is 1. The molecule has 74 valence electrons. The normalized spacial score (nSPS) is 11.0. The largest absolute Gasteiger partial charge is 0.392 e. The molecule has 0 saturated carbocycles. The Labute approximate surface area is 83.8 Å². The number of fused-ring (bicyclic) bond motifs is 1. The molecule has 0 aliphatic rings. The molecule has 2 rings (SSSR count). The lowest BCUT2D eigenvalue weighted by Gasteiger charge is -2.06. The van der Waals surface area contributed by atoms with E-state index in [9.17, 15) is 5.11 Å². The number of benzene rings is 1. The van der Waals surface area contributed by atoms with E-state index < -0.39 is 0 Å². The Bertz CT molecular complexity index is 431. The zero-order chi connectivity index (χ0) is 9.97. The van der Waals surface area contributed by atoms with E-state index in [0.29, 0.717) is 0 Å². The summed E-state index contributed by atoms with van der Waals surface area (Å²) in [5.41, 5.74) is 2.19. The summed E-state index contributed by atoms with van der Waals surface area (Å²) in [6.07, 6.45) is 3.21. The van der Waals surface area contributed by atoms with E-state index in [1.165, 1.54) is 10.9 Å². The van der Waals surface area contributed by atoms with Crippen molar-refractivity contribution < 1.29 is 5.11 Å². The second-order valence-electron chi connectivity index (χ2n) is 3.52. The van der Waals surface area contributed by atoms with Gasteiger partial charge in [0.1, 0.15) is 0 Å². The van der Waals surface area contributed by atoms with Crippen LogP contribution < -0.4 is 0 Å². The maximum atomic E-state index is 9.23. The van der Waals surface area contributed by atoms with E-state index in [1.54, 1.807) is 0 Å². The first-order chi connectivity index (χ1) is 6.86. The molecule has 2 heteroatoms. The van der Waals surface area contributed by atoms with Gasteiger partial charge in [0.2, 0.25) is 0 Å². The Morgan fingerprint density at radius 3 is 2.86 bits per heavy atom. The van der Waals surface area contributed by atoms with Crippen molar-refractivity contribution in [2.45, 2.75) is 26.5 Å². The molecular formula is C12H15NO. The third-order valence-corrected chi connectivity index (χ3v) is 2.51. The molecule has 0 atom stereocenters. The van der Waals surface area contributed by atoms with Crippen molar-refractivity contribution >= 4 is 10.9 Å². The van der Waals surface area contributed by atoms with Gasteiger partial charge in [0, 0.05) is 18.3 Å². The average molecular weight is 189 g/mol. The summed E-state index contributed by atoms with van der Waals surface area (Å²) in [7, 11) is 0. The van der Waals surface area contributed by atoms with Crippen LogP contribution in [0.25, 0.3) is 10.9 Å². The molecular weight excluding hydrogens is 174 g/mol. The highest BCUT2D eigenvalue weighted by Crippen LogP contribution is 2.20. The van der Waals surface area contributed by atoms with E-state index in [-0.39, 0.29) is 6.61 Å². The number of aliphatic hydroxyl groups is 1. The zero-order valence-corrected chi connectivity index (χ0v) is 8.40. The quantitative estimate of drug-likeness (QED) is 0.788. The van der Waals surface area contributed by atoms with Crippen LogP contribution in [0.4, 0.5) is 0 Å². The third kappa shape index (κ3) is 1.42. The number of aliphatic hydroxyl groups excluding tert-OH is 1. The van der Waals surface area contributed by atoms with Gasteiger partial charge in [-0.25, -0.2) is 0 Å². The maximum absolute atomic E-state index is 9.23. The lowest BCUT2D eigenvalue weighted by atomic mass is 10.1. The second-order valence-corrected chi connectivity index (χ2v) is 3.52. The Kier molecular flexibility index (Phi) is 2.55. The smallest absolute Gasteiger partial charge is 0.0702 e. The van der Waals surface area contributed by atoms with Gasteiger partial charge in [-0.2, -0.15) is 0 Å². The third-order valence-electron chi connectivity index (χ3n) is 2.51. The predicted octanol–water partition coefficient (Wildman–Crippen LogP) is 2.54. The number of aromatic nitrogens is 1. The van der Waals surface area contributed by atoms with Crippen molar-refractivity contribution in [3.8, 4) is 0 Å². The highest BCUT2D eigenvalue weighted by atomic mass is 16.3. The van der Waals surface area contributed by atoms with Gasteiger partial charge in [-0.15, -0.1) is 0 Å². The van der Waals surface area contributed by atoms with Gasteiger partial charge in [-0.3, -0.25) is 0 Å². The molecule has 0 aliphatic heterocycles. The molecule has 0 amide bonds. The van der Waals surface area contributed by atoms with E-state index in [1.807, 2.05) is 12.1 Å². The summed E-state index contributed by atoms with van der Waals surface area (Å²) in [4.78, 5) is 0. The van der Waals surface area contributed by atoms with Crippen molar-refractivity contribution in [3.63, 3.8) is 0 Å². The molecule has 1 N–H and O–H groups in total. The van der Waals surface area contributed by atoms with Crippen molar-refractivity contribution in [2.24, 2.45) is 0 Å². The predicted molar refractivity (Wildman–Crippen MR) is 58.2 cm³/mol. The van der Waals surface area contributed by atoms with E-state index in [4.69, 9.17) is 0 Å². The lowest BCUT2D eigenvalue weighted by molar-refractivity contribution is 0.283. The number of para-hydroxylation sites is 1. The summed E-state index contributed by atoms with van der Waals surface area (Å²) in [5.74, 6) is 0. The van der Waals surface area contributed by atoms with Gasteiger partial charge in [0.05, 0.1) is 12.1 Å². The van der Waals surface area contributed by atoms with Gasteiger partial charge in [0.25, 0.3) is 0 Å². The molecule has 0 fully saturated rings. The van der Waals surface area contributed by atoms with E-state index in [0.717, 1.165) is 18.5 Å². The SMILES string of the molecule is CCCn1ccc2cccc(CO)c21. The van der Waals surface area contributed by atoms with E-state index >= 15 is 0 Å². The topological polar surface area (TPSA) is 25.2 Å². The van der Waals surface area contributed by atoms with Gasteiger partial charge in [-0.05, 0) is 17.9 Å². The summed E-state index contributed by atoms with van der Waals surface area (Å²) in [6, 6.07) is 8.16. The molecule has 0 aliphatic carbocycles. The summed E-state index contributed by atoms with van der Waals surface area (Å²) >= 11 is 0. The van der Waals surface area contributed by atoms with Crippen LogP contribution in [-0.4, -0.2) is 9.67 Å². The number of nitrogens with zero attached hydrogens (tertiary/aromatic N) is 1. The van der Waals surface area contributed by atoms with Crippen molar-refractivity contribution in [2.75, 3.05) is 0 Å². The van der Waals surface area contributed by atoms with Crippen LogP contribution in [0.1, 0.15) is 18.9 Å². The molecule has 2 nitrogen and oxygen atoms in total. The average Bonchev–Trinajstić information content (AvgIpc) is 2.62. The summed E-state index contributed by atoms with van der Waals surface area (Å²) in [5, 5.41) is 10.4. The van der Waals surface area contributed by atoms with E-state index in [2.05, 4.69) is 29.8 Å². The minimum Gasteiger partial charge on any atom is -0.392 e. The Balaban J connectivity index is 2.62. The summed E-state index contributed by atoms with van der Waals surface area (Å²) < 4.78 is 2.21. The van der Waals surface area contributed by atoms with Crippen LogP contribution in [0.15, 0.2) is 30.5 Å². The minimum absolute atomic E-state index is 0.116. The van der Waals surface area contributed by atoms with Crippen molar-refractivity contribution in [1.82, 2.24) is 4.57 Å². The fourth-order valence-electron chi connectivity index (χ4n) is 1.90. The monoisotopic (exact) mass is 189 g/mol. The van der Waals surface area contributed by atoms with Crippen LogP contribution in [0.5, 0.6) is 0 Å². The van der Waals surface area contributed by atoms with Crippen LogP contribution in [0.2, 0.25) is 0 Å². The summed E-state index contributed by atoms with van der Waals surface area (Å²) in [6.45, 7) is 3.29. The first kappa shape index (κ1) is 9.28. The fourth-order valence-corrected chi connectivity index (χ4v) is 1.90. The Hall–Kier alpha value is -1.28. The molecule has 0 radical (unpaired) electrons. The first-order valence-corrected chi connectivity index (χ1v) is 5.04. The fraction of sp³-hybridized carbons (Fsp3) is 0.333. The molecule has 14 heavy (non-hydrogen) atoms. The van der Waals surface area contributed by atoms with Gasteiger partial charge in [-0.1, -0.05) is 25.1 Å². The number of rotatable bonds is 3. The molecule has 0 bridgehead atoms. The molecule has 2 aromatic rings. The zero-order valence-electron chi connectivity index (χ0n) is 8.40. The van der Waals surface area contributed by atoms with Crippen LogP contribution in [-0.2, 0) is 13.2 Å². The Morgan fingerprint density at radius 1 is 1.29 bits per heavy atom. The van der Waals surface area contributed by atoms with Gasteiger partial charge in [0.15, 0.2) is 0 Å². The highest BCUT2D eigenvalue weighted by Gasteiger charge is 2.04. The molecule has 1 heterocycles. The standard InChI is InChI=1S/C12H15NO/c1-2-7-13-8-6-10-4-3-5-11(9-14)12(10)13/h3-6,8,14H,2,7,9H2,1H3. The van der Waals surface area contributed by atoms with Crippen molar-refractivity contribution in [1.29, 1.82) is 0 Å². The second kappa shape index (κ2) is 3.84. The first-order valence-electron chi connectivity index (χ1n) is 5.04. The molecule has 0 unspecified atom stereocenters. The van der Waals surface area contributed by atoms with Gasteiger partial charge >= 0.3 is 0 Å². The minimum atomic E-state index is 0.116. The number of aryl methyl sites for hydroxylation is 1. The van der Waals surface area contributed by atoms with Crippen LogP contribution in [0, 0.1) is 0 Å². The lowest BCUT2D eigenvalue weighted by Crippen LogP contribution is -1.97. The Morgan fingerprint density at radius 2 is 2.14 bits per heavy atom. The number of hydrogen-bond acceptors (Lipinski definition) is 1. The molecule has 0 spiro atoms. The van der Waals surface area contributed by atoms with Crippen LogP contribution >= 0.6 is 0 Å².